The zero-order valence-corrected chi connectivity index (χ0v) is 16.8. The Kier molecular flexibility index (Phi) is 7.10. The minimum absolute atomic E-state index is 0.169. The van der Waals surface area contributed by atoms with Crippen molar-refractivity contribution in [1.82, 2.24) is 9.78 Å². The van der Waals surface area contributed by atoms with Crippen molar-refractivity contribution in [2.45, 2.75) is 44.6 Å². The molecule has 1 aromatic heterocycles. The number of hydrogen-bond acceptors (Lipinski definition) is 6. The van der Waals surface area contributed by atoms with Gasteiger partial charge in [-0.3, -0.25) is 9.59 Å². The lowest BCUT2D eigenvalue weighted by atomic mass is 10.1. The van der Waals surface area contributed by atoms with Gasteiger partial charge in [-0.25, -0.2) is 4.68 Å². The highest BCUT2D eigenvalue weighted by molar-refractivity contribution is 5.92. The number of benzene rings is 1. The molecule has 8 nitrogen and oxygen atoms in total. The summed E-state index contributed by atoms with van der Waals surface area (Å²) in [7, 11) is 3.13. The third-order valence-corrected chi connectivity index (χ3v) is 5.04. The molecule has 1 fully saturated rings. The molecule has 0 spiro atoms. The lowest BCUT2D eigenvalue weighted by Gasteiger charge is -2.14. The Labute approximate surface area is 170 Å². The zero-order chi connectivity index (χ0) is 20.6. The van der Waals surface area contributed by atoms with E-state index in [1.807, 2.05) is 16.8 Å². The second kappa shape index (κ2) is 9.95. The number of ether oxygens (including phenoxy) is 3. The molecular weight excluding hydrogens is 374 g/mol. The summed E-state index contributed by atoms with van der Waals surface area (Å²) in [4.78, 5) is 24.2. The van der Waals surface area contributed by atoms with Gasteiger partial charge < -0.3 is 19.5 Å². The zero-order valence-electron chi connectivity index (χ0n) is 16.8. The summed E-state index contributed by atoms with van der Waals surface area (Å²) in [5.74, 6) is 1.08. The van der Waals surface area contributed by atoms with E-state index in [1.165, 1.54) is 12.8 Å². The molecule has 1 saturated carbocycles. The Morgan fingerprint density at radius 2 is 1.90 bits per heavy atom. The van der Waals surface area contributed by atoms with Gasteiger partial charge in [0.25, 0.3) is 5.91 Å². The topological polar surface area (TPSA) is 91.7 Å². The van der Waals surface area contributed by atoms with Crippen LogP contribution in [0.5, 0.6) is 11.5 Å². The fraction of sp³-hybridized carbons (Fsp3) is 0.476. The van der Waals surface area contributed by atoms with Crippen molar-refractivity contribution < 1.29 is 23.8 Å². The molecule has 1 aliphatic carbocycles. The Balaban J connectivity index is 1.44. The second-order valence-electron chi connectivity index (χ2n) is 7.00. The average molecular weight is 401 g/mol. The van der Waals surface area contributed by atoms with Crippen LogP contribution in [0.4, 0.5) is 5.82 Å². The molecular formula is C21H27N3O5. The van der Waals surface area contributed by atoms with Gasteiger partial charge in [0.15, 0.2) is 18.1 Å². The van der Waals surface area contributed by atoms with Crippen molar-refractivity contribution in [1.29, 1.82) is 0 Å². The Bertz CT molecular complexity index is 843. The quantitative estimate of drug-likeness (QED) is 0.649. The molecule has 1 heterocycles. The highest BCUT2D eigenvalue weighted by atomic mass is 16.5. The first kappa shape index (κ1) is 20.7. The number of nitrogens with zero attached hydrogens (tertiary/aromatic N) is 2. The monoisotopic (exact) mass is 401 g/mol. The standard InChI is InChI=1S/C21H27N3O5/c1-27-17-9-7-15(13-18(17)28-2)8-10-21(26)29-14-20(25)23-19-11-12-22-24(19)16-5-3-4-6-16/h7,9,11-13,16H,3-6,8,10,14H2,1-2H3,(H,23,25). The van der Waals surface area contributed by atoms with Crippen LogP contribution in [0.15, 0.2) is 30.5 Å². The van der Waals surface area contributed by atoms with Crippen LogP contribution in [0.25, 0.3) is 0 Å². The lowest BCUT2D eigenvalue weighted by molar-refractivity contribution is -0.147. The van der Waals surface area contributed by atoms with Gasteiger partial charge in [-0.15, -0.1) is 0 Å². The summed E-state index contributed by atoms with van der Waals surface area (Å²) in [6, 6.07) is 7.56. The molecule has 2 aromatic rings. The molecule has 0 bridgehead atoms. The van der Waals surface area contributed by atoms with Crippen molar-refractivity contribution in [3.05, 3.63) is 36.0 Å². The van der Waals surface area contributed by atoms with Crippen molar-refractivity contribution in [2.24, 2.45) is 0 Å². The predicted molar refractivity (Wildman–Crippen MR) is 107 cm³/mol. The van der Waals surface area contributed by atoms with E-state index in [0.717, 1.165) is 18.4 Å². The average Bonchev–Trinajstić information content (AvgIpc) is 3.42. The maximum absolute atomic E-state index is 12.2. The van der Waals surface area contributed by atoms with E-state index in [4.69, 9.17) is 14.2 Å². The molecule has 0 atom stereocenters. The number of hydrogen-bond donors (Lipinski definition) is 1. The van der Waals surface area contributed by atoms with E-state index in [9.17, 15) is 9.59 Å². The van der Waals surface area contributed by atoms with Crippen LogP contribution < -0.4 is 14.8 Å². The van der Waals surface area contributed by atoms with Crippen molar-refractivity contribution >= 4 is 17.7 Å². The largest absolute Gasteiger partial charge is 0.493 e. The van der Waals surface area contributed by atoms with Crippen LogP contribution in [-0.4, -0.2) is 42.5 Å². The van der Waals surface area contributed by atoms with Crippen molar-refractivity contribution in [3.8, 4) is 11.5 Å². The number of amides is 1. The van der Waals surface area contributed by atoms with Gasteiger partial charge >= 0.3 is 5.97 Å². The van der Waals surface area contributed by atoms with E-state index < -0.39 is 5.97 Å². The first-order valence-corrected chi connectivity index (χ1v) is 9.80. The van der Waals surface area contributed by atoms with Crippen LogP contribution in [-0.2, 0) is 20.7 Å². The molecule has 0 aliphatic heterocycles. The fourth-order valence-corrected chi connectivity index (χ4v) is 3.53. The molecule has 29 heavy (non-hydrogen) atoms. The lowest BCUT2D eigenvalue weighted by Crippen LogP contribution is -2.23. The second-order valence-corrected chi connectivity index (χ2v) is 7.00. The van der Waals surface area contributed by atoms with E-state index >= 15 is 0 Å². The Morgan fingerprint density at radius 1 is 1.14 bits per heavy atom. The maximum atomic E-state index is 12.2. The molecule has 8 heteroatoms. The summed E-state index contributed by atoms with van der Waals surface area (Å²) >= 11 is 0. The number of rotatable bonds is 9. The fourth-order valence-electron chi connectivity index (χ4n) is 3.53. The van der Waals surface area contributed by atoms with Crippen LogP contribution in [0.3, 0.4) is 0 Å². The smallest absolute Gasteiger partial charge is 0.306 e. The summed E-state index contributed by atoms with van der Waals surface area (Å²) in [6.45, 7) is -0.319. The number of esters is 1. The van der Waals surface area contributed by atoms with Gasteiger partial charge in [0.05, 0.1) is 26.5 Å². The molecule has 0 unspecified atom stereocenters. The molecule has 1 N–H and O–H groups in total. The van der Waals surface area contributed by atoms with E-state index in [1.54, 1.807) is 32.5 Å². The molecule has 1 aromatic carbocycles. The third-order valence-electron chi connectivity index (χ3n) is 5.04. The number of aryl methyl sites for hydroxylation is 1. The van der Waals surface area contributed by atoms with Gasteiger partial charge in [0.2, 0.25) is 0 Å². The normalized spacial score (nSPS) is 13.9. The molecule has 0 radical (unpaired) electrons. The summed E-state index contributed by atoms with van der Waals surface area (Å²) < 4.78 is 17.4. The van der Waals surface area contributed by atoms with Crippen LogP contribution >= 0.6 is 0 Å². The number of aromatic nitrogens is 2. The van der Waals surface area contributed by atoms with Crippen LogP contribution in [0.1, 0.15) is 43.7 Å². The number of anilines is 1. The van der Waals surface area contributed by atoms with E-state index in [0.29, 0.717) is 29.8 Å². The van der Waals surface area contributed by atoms with Gasteiger partial charge in [-0.05, 0) is 37.0 Å². The highest BCUT2D eigenvalue weighted by Gasteiger charge is 2.20. The third kappa shape index (κ3) is 5.49. The van der Waals surface area contributed by atoms with Gasteiger partial charge in [-0.1, -0.05) is 18.9 Å². The van der Waals surface area contributed by atoms with Crippen molar-refractivity contribution in [3.63, 3.8) is 0 Å². The number of carbonyl (C=O) groups excluding carboxylic acids is 2. The molecule has 1 aliphatic rings. The molecule has 3 rings (SSSR count). The SMILES string of the molecule is COc1ccc(CCC(=O)OCC(=O)Nc2ccnn2C2CCCC2)cc1OC. The number of methoxy groups -OCH3 is 2. The van der Waals surface area contributed by atoms with E-state index in [2.05, 4.69) is 10.4 Å². The Hall–Kier alpha value is -3.03. The summed E-state index contributed by atoms with van der Waals surface area (Å²) in [6.07, 6.45) is 6.80. The van der Waals surface area contributed by atoms with Gasteiger partial charge in [-0.2, -0.15) is 5.10 Å². The Morgan fingerprint density at radius 3 is 2.62 bits per heavy atom. The molecule has 156 valence electrons. The summed E-state index contributed by atoms with van der Waals surface area (Å²) in [5, 5.41) is 7.09. The highest BCUT2D eigenvalue weighted by Crippen LogP contribution is 2.31. The minimum Gasteiger partial charge on any atom is -0.493 e. The first-order chi connectivity index (χ1) is 14.1. The van der Waals surface area contributed by atoms with Gasteiger partial charge in [0, 0.05) is 12.5 Å². The number of nitrogens with one attached hydrogen (secondary N) is 1. The molecule has 1 amide bonds. The molecule has 0 saturated heterocycles. The minimum atomic E-state index is -0.431. The van der Waals surface area contributed by atoms with Crippen molar-refractivity contribution in [2.75, 3.05) is 26.1 Å². The maximum Gasteiger partial charge on any atom is 0.306 e. The first-order valence-electron chi connectivity index (χ1n) is 9.80. The predicted octanol–water partition coefficient (Wildman–Crippen LogP) is 3.13. The van der Waals surface area contributed by atoms with Crippen LogP contribution in [0, 0.1) is 0 Å². The number of carbonyl (C=O) groups is 2. The summed E-state index contributed by atoms with van der Waals surface area (Å²) in [5.41, 5.74) is 0.921. The van der Waals surface area contributed by atoms with Gasteiger partial charge in [0.1, 0.15) is 5.82 Å². The van der Waals surface area contributed by atoms with E-state index in [-0.39, 0.29) is 18.9 Å². The van der Waals surface area contributed by atoms with Crippen LogP contribution in [0.2, 0.25) is 0 Å².